The van der Waals surface area contributed by atoms with E-state index < -0.39 is 6.10 Å². The zero-order valence-corrected chi connectivity index (χ0v) is 19.4. The molecule has 1 heterocycles. The van der Waals surface area contributed by atoms with Crippen LogP contribution < -0.4 is 20.1 Å². The van der Waals surface area contributed by atoms with E-state index >= 15 is 0 Å². The molecular weight excluding hydrogens is 404 g/mol. The lowest BCUT2D eigenvalue weighted by molar-refractivity contribution is 0.180. The summed E-state index contributed by atoms with van der Waals surface area (Å²) >= 11 is 0. The molecule has 7 heteroatoms. The summed E-state index contributed by atoms with van der Waals surface area (Å²) in [6.45, 7) is 7.11. The standard InChI is InChI=1S/C25H36N4O3/c1-4-26-25(28-17-22(30)21-11-12-23(31-2)24(15-21)32-3)27-16-19-7-9-20(10-8-19)18-29-13-5-6-14-29/h7-12,15,22,30H,4-6,13-14,16-18H2,1-3H3,(H2,26,27,28). The minimum Gasteiger partial charge on any atom is -0.493 e. The van der Waals surface area contributed by atoms with Crippen LogP contribution in [0.25, 0.3) is 0 Å². The van der Waals surface area contributed by atoms with E-state index in [2.05, 4.69) is 44.8 Å². The molecule has 0 amide bonds. The molecule has 0 saturated carbocycles. The molecule has 0 radical (unpaired) electrons. The van der Waals surface area contributed by atoms with Gasteiger partial charge < -0.3 is 25.2 Å². The van der Waals surface area contributed by atoms with Crippen LogP contribution in [0.15, 0.2) is 47.5 Å². The molecule has 0 aliphatic carbocycles. The number of likely N-dealkylation sites (tertiary alicyclic amines) is 1. The van der Waals surface area contributed by atoms with Crippen LogP contribution >= 0.6 is 0 Å². The lowest BCUT2D eigenvalue weighted by Gasteiger charge is -2.17. The number of aliphatic hydroxyl groups is 1. The van der Waals surface area contributed by atoms with Crippen molar-refractivity contribution in [1.29, 1.82) is 0 Å². The fraction of sp³-hybridized carbons (Fsp3) is 0.480. The summed E-state index contributed by atoms with van der Waals surface area (Å²) in [6.07, 6.45) is 1.92. The SMILES string of the molecule is CCNC(=NCc1ccc(CN2CCCC2)cc1)NCC(O)c1ccc(OC)c(OC)c1. The Hall–Kier alpha value is -2.77. The normalized spacial score (nSPS) is 15.4. The van der Waals surface area contributed by atoms with Gasteiger partial charge in [0.2, 0.25) is 0 Å². The topological polar surface area (TPSA) is 78.4 Å². The summed E-state index contributed by atoms with van der Waals surface area (Å²) in [5.41, 5.74) is 3.26. The van der Waals surface area contributed by atoms with Crippen LogP contribution in [-0.2, 0) is 13.1 Å². The third-order valence-corrected chi connectivity index (χ3v) is 5.65. The molecular formula is C25H36N4O3. The van der Waals surface area contributed by atoms with E-state index in [4.69, 9.17) is 9.47 Å². The van der Waals surface area contributed by atoms with Gasteiger partial charge in [-0.3, -0.25) is 4.90 Å². The number of methoxy groups -OCH3 is 2. The fourth-order valence-electron chi connectivity index (χ4n) is 3.83. The number of nitrogens with zero attached hydrogens (tertiary/aromatic N) is 2. The first-order valence-corrected chi connectivity index (χ1v) is 11.3. The van der Waals surface area contributed by atoms with E-state index in [1.165, 1.54) is 31.5 Å². The van der Waals surface area contributed by atoms with Crippen molar-refractivity contribution in [2.75, 3.05) is 40.4 Å². The van der Waals surface area contributed by atoms with Gasteiger partial charge in [-0.15, -0.1) is 0 Å². The third-order valence-electron chi connectivity index (χ3n) is 5.65. The van der Waals surface area contributed by atoms with Gasteiger partial charge in [-0.2, -0.15) is 0 Å². The van der Waals surface area contributed by atoms with Gasteiger partial charge in [0.15, 0.2) is 17.5 Å². The Kier molecular flexibility index (Phi) is 9.19. The molecule has 1 fully saturated rings. The molecule has 1 atom stereocenters. The maximum absolute atomic E-state index is 10.6. The molecule has 0 aromatic heterocycles. The Morgan fingerprint density at radius 3 is 2.34 bits per heavy atom. The molecule has 1 saturated heterocycles. The molecule has 1 aliphatic rings. The highest BCUT2D eigenvalue weighted by Gasteiger charge is 2.13. The quantitative estimate of drug-likeness (QED) is 0.389. The molecule has 2 aromatic rings. The third kappa shape index (κ3) is 6.87. The van der Waals surface area contributed by atoms with Crippen LogP contribution in [0.1, 0.15) is 42.6 Å². The van der Waals surface area contributed by atoms with Crippen molar-refractivity contribution in [3.05, 3.63) is 59.2 Å². The maximum atomic E-state index is 10.6. The summed E-state index contributed by atoms with van der Waals surface area (Å²) in [4.78, 5) is 7.18. The van der Waals surface area contributed by atoms with Crippen molar-refractivity contribution < 1.29 is 14.6 Å². The van der Waals surface area contributed by atoms with Crippen LogP contribution in [0.4, 0.5) is 0 Å². The molecule has 0 bridgehead atoms. The van der Waals surface area contributed by atoms with Crippen LogP contribution in [0.3, 0.4) is 0 Å². The number of aliphatic imine (C=N–C) groups is 1. The first kappa shape index (κ1) is 23.9. The zero-order chi connectivity index (χ0) is 22.8. The second kappa shape index (κ2) is 12.3. The van der Waals surface area contributed by atoms with Gasteiger partial charge in [0, 0.05) is 19.6 Å². The van der Waals surface area contributed by atoms with Crippen molar-refractivity contribution in [2.24, 2.45) is 4.99 Å². The zero-order valence-electron chi connectivity index (χ0n) is 19.4. The first-order valence-electron chi connectivity index (χ1n) is 11.3. The van der Waals surface area contributed by atoms with Gasteiger partial charge >= 0.3 is 0 Å². The summed E-state index contributed by atoms with van der Waals surface area (Å²) in [5, 5.41) is 17.1. The van der Waals surface area contributed by atoms with E-state index in [-0.39, 0.29) is 0 Å². The average Bonchev–Trinajstić information content (AvgIpc) is 3.34. The number of rotatable bonds is 10. The van der Waals surface area contributed by atoms with Crippen LogP contribution in [0.5, 0.6) is 11.5 Å². The van der Waals surface area contributed by atoms with Crippen molar-refractivity contribution in [3.8, 4) is 11.5 Å². The Balaban J connectivity index is 1.55. The average molecular weight is 441 g/mol. The lowest BCUT2D eigenvalue weighted by Crippen LogP contribution is -2.39. The Labute approximate surface area is 191 Å². The highest BCUT2D eigenvalue weighted by Crippen LogP contribution is 2.29. The first-order chi connectivity index (χ1) is 15.6. The molecule has 3 N–H and O–H groups in total. The van der Waals surface area contributed by atoms with Crippen LogP contribution in [0.2, 0.25) is 0 Å². The molecule has 0 spiro atoms. The number of ether oxygens (including phenoxy) is 2. The predicted octanol–water partition coefficient (Wildman–Crippen LogP) is 3.09. The number of nitrogens with one attached hydrogen (secondary N) is 2. The molecule has 1 aliphatic heterocycles. The number of hydrogen-bond donors (Lipinski definition) is 3. The van der Waals surface area contributed by atoms with Crippen LogP contribution in [0, 0.1) is 0 Å². The molecule has 174 valence electrons. The monoisotopic (exact) mass is 440 g/mol. The minimum absolute atomic E-state index is 0.329. The number of aliphatic hydroxyl groups excluding tert-OH is 1. The lowest BCUT2D eigenvalue weighted by atomic mass is 10.1. The predicted molar refractivity (Wildman–Crippen MR) is 128 cm³/mol. The van der Waals surface area contributed by atoms with E-state index in [0.717, 1.165) is 24.2 Å². The number of benzene rings is 2. The van der Waals surface area contributed by atoms with Gasteiger partial charge in [0.25, 0.3) is 0 Å². The number of guanidine groups is 1. The fourth-order valence-corrected chi connectivity index (χ4v) is 3.83. The molecule has 2 aromatic carbocycles. The van der Waals surface area contributed by atoms with Gasteiger partial charge in [-0.25, -0.2) is 4.99 Å². The minimum atomic E-state index is -0.705. The maximum Gasteiger partial charge on any atom is 0.191 e. The Morgan fingerprint density at radius 2 is 1.69 bits per heavy atom. The summed E-state index contributed by atoms with van der Waals surface area (Å²) in [6, 6.07) is 14.1. The Bertz CT molecular complexity index is 864. The smallest absolute Gasteiger partial charge is 0.191 e. The molecule has 1 unspecified atom stereocenters. The van der Waals surface area contributed by atoms with Gasteiger partial charge in [0.05, 0.1) is 26.9 Å². The van der Waals surface area contributed by atoms with E-state index in [1.54, 1.807) is 26.4 Å². The van der Waals surface area contributed by atoms with Crippen molar-refractivity contribution in [2.45, 2.75) is 39.0 Å². The van der Waals surface area contributed by atoms with Crippen molar-refractivity contribution in [1.82, 2.24) is 15.5 Å². The van der Waals surface area contributed by atoms with Crippen LogP contribution in [-0.4, -0.2) is 56.4 Å². The highest BCUT2D eigenvalue weighted by atomic mass is 16.5. The largest absolute Gasteiger partial charge is 0.493 e. The molecule has 32 heavy (non-hydrogen) atoms. The second-order valence-corrected chi connectivity index (χ2v) is 8.01. The van der Waals surface area contributed by atoms with E-state index in [1.807, 2.05) is 13.0 Å². The number of hydrogen-bond acceptors (Lipinski definition) is 5. The van der Waals surface area contributed by atoms with E-state index in [0.29, 0.717) is 30.5 Å². The van der Waals surface area contributed by atoms with Gasteiger partial charge in [-0.1, -0.05) is 30.3 Å². The summed E-state index contributed by atoms with van der Waals surface area (Å²) in [5.74, 6) is 1.91. The molecule has 3 rings (SSSR count). The van der Waals surface area contributed by atoms with Gasteiger partial charge in [-0.05, 0) is 61.7 Å². The summed E-state index contributed by atoms with van der Waals surface area (Å²) in [7, 11) is 3.18. The van der Waals surface area contributed by atoms with Crippen molar-refractivity contribution in [3.63, 3.8) is 0 Å². The highest BCUT2D eigenvalue weighted by molar-refractivity contribution is 5.79. The second-order valence-electron chi connectivity index (χ2n) is 8.01. The molecule has 7 nitrogen and oxygen atoms in total. The summed E-state index contributed by atoms with van der Waals surface area (Å²) < 4.78 is 10.6. The van der Waals surface area contributed by atoms with Gasteiger partial charge in [0.1, 0.15) is 0 Å². The Morgan fingerprint density at radius 1 is 1.00 bits per heavy atom. The van der Waals surface area contributed by atoms with Crippen molar-refractivity contribution >= 4 is 5.96 Å². The van der Waals surface area contributed by atoms with E-state index in [9.17, 15) is 5.11 Å².